The van der Waals surface area contributed by atoms with Crippen LogP contribution in [0.1, 0.15) is 18.7 Å². The lowest BCUT2D eigenvalue weighted by Crippen LogP contribution is -2.37. The van der Waals surface area contributed by atoms with E-state index in [1.54, 1.807) is 0 Å². The zero-order chi connectivity index (χ0) is 13.9. The molecule has 102 valence electrons. The van der Waals surface area contributed by atoms with Gasteiger partial charge in [0.15, 0.2) is 0 Å². The van der Waals surface area contributed by atoms with Crippen molar-refractivity contribution >= 4 is 0 Å². The molecular weight excluding hydrogens is 247 g/mol. The van der Waals surface area contributed by atoms with E-state index in [1.165, 1.54) is 20.0 Å². The third kappa shape index (κ3) is 3.25. The molecule has 1 aromatic rings. The van der Waals surface area contributed by atoms with Gasteiger partial charge in [-0.2, -0.15) is 0 Å². The van der Waals surface area contributed by atoms with E-state index in [0.717, 1.165) is 4.57 Å². The number of ether oxygens (including phenoxy) is 1. The molecule has 0 saturated heterocycles. The highest BCUT2D eigenvalue weighted by Gasteiger charge is 2.22. The standard InChI is InChI=1S/C10H15FN2O5/c1-5-3-13(10(17)12-9(5)16)6(2)18-7(4-14)8(11)15/h3,6-8,14-15H,4H2,1-2H3,(H,12,16,17)/t6-,7-,8-/m0/s1. The first-order chi connectivity index (χ1) is 8.36. The lowest BCUT2D eigenvalue weighted by atomic mass is 10.3. The predicted octanol–water partition coefficient (Wildman–Crippen LogP) is -0.971. The molecule has 0 saturated carbocycles. The molecule has 0 radical (unpaired) electrons. The largest absolute Gasteiger partial charge is 0.393 e. The number of aromatic amines is 1. The molecule has 0 aliphatic carbocycles. The number of nitrogens with one attached hydrogen (secondary N) is 1. The van der Waals surface area contributed by atoms with Crippen molar-refractivity contribution in [2.75, 3.05) is 6.61 Å². The number of nitrogens with zero attached hydrogens (tertiary/aromatic N) is 1. The number of aromatic nitrogens is 2. The Hall–Kier alpha value is -1.51. The van der Waals surface area contributed by atoms with E-state index in [-0.39, 0.29) is 5.56 Å². The summed E-state index contributed by atoms with van der Waals surface area (Å²) in [6, 6.07) is 0. The highest BCUT2D eigenvalue weighted by molar-refractivity contribution is 5.01. The number of H-pyrrole nitrogens is 1. The van der Waals surface area contributed by atoms with Gasteiger partial charge in [-0.25, -0.2) is 9.18 Å². The van der Waals surface area contributed by atoms with Gasteiger partial charge in [-0.1, -0.05) is 0 Å². The van der Waals surface area contributed by atoms with E-state index >= 15 is 0 Å². The van der Waals surface area contributed by atoms with Crippen molar-refractivity contribution in [3.63, 3.8) is 0 Å². The third-order valence-electron chi connectivity index (χ3n) is 2.40. The molecule has 0 fully saturated rings. The number of hydrogen-bond acceptors (Lipinski definition) is 5. The van der Waals surface area contributed by atoms with Crippen molar-refractivity contribution in [2.45, 2.75) is 32.5 Å². The van der Waals surface area contributed by atoms with Crippen LogP contribution in [-0.4, -0.2) is 38.8 Å². The minimum atomic E-state index is -2.36. The van der Waals surface area contributed by atoms with Crippen molar-refractivity contribution in [1.82, 2.24) is 9.55 Å². The van der Waals surface area contributed by atoms with Gasteiger partial charge >= 0.3 is 5.69 Å². The maximum atomic E-state index is 12.6. The summed E-state index contributed by atoms with van der Waals surface area (Å²) in [7, 11) is 0. The Kier molecular flexibility index (Phi) is 4.76. The van der Waals surface area contributed by atoms with Crippen LogP contribution in [0.15, 0.2) is 15.8 Å². The first kappa shape index (κ1) is 14.6. The van der Waals surface area contributed by atoms with Crippen molar-refractivity contribution in [3.05, 3.63) is 32.6 Å². The zero-order valence-corrected chi connectivity index (χ0v) is 9.96. The summed E-state index contributed by atoms with van der Waals surface area (Å²) in [6.07, 6.45) is -3.52. The predicted molar refractivity (Wildman–Crippen MR) is 59.8 cm³/mol. The second-order valence-corrected chi connectivity index (χ2v) is 3.81. The topological polar surface area (TPSA) is 105 Å². The maximum absolute atomic E-state index is 12.6. The molecule has 1 heterocycles. The summed E-state index contributed by atoms with van der Waals surface area (Å²) in [6.45, 7) is 2.18. The van der Waals surface area contributed by atoms with E-state index < -0.39 is 36.5 Å². The lowest BCUT2D eigenvalue weighted by molar-refractivity contribution is -0.156. The average molecular weight is 262 g/mol. The Balaban J connectivity index is 2.97. The highest BCUT2D eigenvalue weighted by Crippen LogP contribution is 2.11. The molecule has 7 nitrogen and oxygen atoms in total. The Bertz CT molecular complexity index is 510. The summed E-state index contributed by atoms with van der Waals surface area (Å²) in [5, 5.41) is 17.5. The van der Waals surface area contributed by atoms with Gasteiger partial charge in [-0.15, -0.1) is 0 Å². The summed E-state index contributed by atoms with van der Waals surface area (Å²) in [5.74, 6) is 0. The summed E-state index contributed by atoms with van der Waals surface area (Å²) in [5.41, 5.74) is -0.956. The molecule has 8 heteroatoms. The number of hydrogen-bond donors (Lipinski definition) is 3. The van der Waals surface area contributed by atoms with Gasteiger partial charge in [0.1, 0.15) is 12.3 Å². The zero-order valence-electron chi connectivity index (χ0n) is 9.96. The van der Waals surface area contributed by atoms with Crippen LogP contribution in [0.25, 0.3) is 0 Å². The summed E-state index contributed by atoms with van der Waals surface area (Å²) < 4.78 is 18.6. The smallest absolute Gasteiger partial charge is 0.330 e. The van der Waals surface area contributed by atoms with Crippen molar-refractivity contribution in [3.8, 4) is 0 Å². The third-order valence-corrected chi connectivity index (χ3v) is 2.40. The minimum absolute atomic E-state index is 0.284. The van der Waals surface area contributed by atoms with E-state index in [2.05, 4.69) is 4.98 Å². The number of aryl methyl sites for hydroxylation is 1. The summed E-state index contributed by atoms with van der Waals surface area (Å²) in [4.78, 5) is 24.7. The van der Waals surface area contributed by atoms with E-state index in [1.807, 2.05) is 0 Å². The van der Waals surface area contributed by atoms with Crippen LogP contribution in [0.4, 0.5) is 4.39 Å². The molecule has 1 rings (SSSR count). The molecule has 0 aliphatic rings. The molecule has 18 heavy (non-hydrogen) atoms. The fraction of sp³-hybridized carbons (Fsp3) is 0.600. The van der Waals surface area contributed by atoms with E-state index in [9.17, 15) is 14.0 Å². The first-order valence-electron chi connectivity index (χ1n) is 5.27. The number of halogens is 1. The van der Waals surface area contributed by atoms with Crippen molar-refractivity contribution in [2.24, 2.45) is 0 Å². The molecule has 0 bridgehead atoms. The highest BCUT2D eigenvalue weighted by atomic mass is 19.1. The molecule has 0 spiro atoms. The van der Waals surface area contributed by atoms with Crippen LogP contribution in [0, 0.1) is 6.92 Å². The quantitative estimate of drug-likeness (QED) is 0.633. The summed E-state index contributed by atoms with van der Waals surface area (Å²) >= 11 is 0. The average Bonchev–Trinajstić information content (AvgIpc) is 2.29. The van der Waals surface area contributed by atoms with E-state index in [4.69, 9.17) is 14.9 Å². The van der Waals surface area contributed by atoms with Crippen LogP contribution >= 0.6 is 0 Å². The number of aliphatic hydroxyl groups is 2. The van der Waals surface area contributed by atoms with Gasteiger partial charge < -0.3 is 14.9 Å². The molecule has 0 aliphatic heterocycles. The van der Waals surface area contributed by atoms with Gasteiger partial charge in [-0.05, 0) is 13.8 Å². The maximum Gasteiger partial charge on any atom is 0.330 e. The Morgan fingerprint density at radius 2 is 2.17 bits per heavy atom. The molecule has 0 amide bonds. The number of alkyl halides is 1. The van der Waals surface area contributed by atoms with Crippen molar-refractivity contribution < 1.29 is 19.3 Å². The second kappa shape index (κ2) is 5.89. The van der Waals surface area contributed by atoms with Crippen molar-refractivity contribution in [1.29, 1.82) is 0 Å². The fourth-order valence-electron chi connectivity index (χ4n) is 1.37. The van der Waals surface area contributed by atoms with Crippen LogP contribution in [0.2, 0.25) is 0 Å². The first-order valence-corrected chi connectivity index (χ1v) is 5.27. The monoisotopic (exact) mass is 262 g/mol. The molecule has 0 unspecified atom stereocenters. The van der Waals surface area contributed by atoms with Crippen LogP contribution in [-0.2, 0) is 4.74 Å². The Morgan fingerprint density at radius 1 is 1.56 bits per heavy atom. The van der Waals surface area contributed by atoms with Crippen LogP contribution in [0.5, 0.6) is 0 Å². The number of aliphatic hydroxyl groups excluding tert-OH is 2. The van der Waals surface area contributed by atoms with Gasteiger partial charge in [-0.3, -0.25) is 14.3 Å². The van der Waals surface area contributed by atoms with E-state index in [0.29, 0.717) is 0 Å². The normalized spacial score (nSPS) is 16.3. The Labute approximate surface area is 101 Å². The molecule has 1 aromatic heterocycles. The van der Waals surface area contributed by atoms with Gasteiger partial charge in [0.25, 0.3) is 5.56 Å². The molecule has 3 atom stereocenters. The van der Waals surface area contributed by atoms with Crippen LogP contribution in [0.3, 0.4) is 0 Å². The SMILES string of the molecule is Cc1cn([C@H](C)O[C@@H](CO)[C@H](O)F)c(=O)[nH]c1=O. The molecular formula is C10H15FN2O5. The van der Waals surface area contributed by atoms with Gasteiger partial charge in [0, 0.05) is 11.8 Å². The molecule has 3 N–H and O–H groups in total. The minimum Gasteiger partial charge on any atom is -0.393 e. The fourth-order valence-corrected chi connectivity index (χ4v) is 1.37. The lowest BCUT2D eigenvalue weighted by Gasteiger charge is -2.22. The van der Waals surface area contributed by atoms with Gasteiger partial charge in [0.05, 0.1) is 6.61 Å². The van der Waals surface area contributed by atoms with Crippen LogP contribution < -0.4 is 11.2 Å². The Morgan fingerprint density at radius 3 is 2.67 bits per heavy atom. The van der Waals surface area contributed by atoms with Gasteiger partial charge in [0.2, 0.25) is 6.36 Å². The molecule has 0 aromatic carbocycles. The second-order valence-electron chi connectivity index (χ2n) is 3.81. The number of rotatable bonds is 5.